The first-order valence-electron chi connectivity index (χ1n) is 7.57. The zero-order chi connectivity index (χ0) is 16.2. The van der Waals surface area contributed by atoms with Crippen molar-refractivity contribution in [1.29, 1.82) is 0 Å². The first-order chi connectivity index (χ1) is 11.1. The van der Waals surface area contributed by atoms with Crippen LogP contribution in [0.2, 0.25) is 5.02 Å². The molecule has 7 heteroatoms. The lowest BCUT2D eigenvalue weighted by atomic mass is 10.2. The quantitative estimate of drug-likeness (QED) is 0.933. The van der Waals surface area contributed by atoms with Gasteiger partial charge in [0, 0.05) is 42.6 Å². The van der Waals surface area contributed by atoms with E-state index < -0.39 is 5.82 Å². The summed E-state index contributed by atoms with van der Waals surface area (Å²) in [6, 6.07) is 4.43. The van der Waals surface area contributed by atoms with Crippen LogP contribution in [0.1, 0.15) is 18.4 Å². The van der Waals surface area contributed by atoms with E-state index in [0.717, 1.165) is 19.4 Å². The molecule has 3 rings (SSSR count). The summed E-state index contributed by atoms with van der Waals surface area (Å²) in [5, 5.41) is 3.13. The van der Waals surface area contributed by atoms with E-state index >= 15 is 0 Å². The van der Waals surface area contributed by atoms with Crippen molar-refractivity contribution in [3.05, 3.63) is 53.3 Å². The monoisotopic (exact) mass is 336 g/mol. The number of aromatic nitrogens is 2. The average Bonchev–Trinajstić information content (AvgIpc) is 3.18. The zero-order valence-corrected chi connectivity index (χ0v) is 13.3. The van der Waals surface area contributed by atoms with Gasteiger partial charge in [-0.25, -0.2) is 14.2 Å². The number of urea groups is 1. The smallest absolute Gasteiger partial charge is 0.317 e. The Morgan fingerprint density at radius 1 is 1.48 bits per heavy atom. The fraction of sp³-hybridized carbons (Fsp3) is 0.375. The molecule has 1 aromatic carbocycles. The van der Waals surface area contributed by atoms with E-state index in [0.29, 0.717) is 17.1 Å². The molecule has 0 radical (unpaired) electrons. The van der Waals surface area contributed by atoms with Crippen LogP contribution in [0.3, 0.4) is 0 Å². The number of likely N-dealkylation sites (tertiary alicyclic amines) is 1. The van der Waals surface area contributed by atoms with E-state index in [1.54, 1.807) is 24.7 Å². The first-order valence-corrected chi connectivity index (χ1v) is 7.95. The Kier molecular flexibility index (Phi) is 4.81. The molecule has 5 nitrogen and oxygen atoms in total. The van der Waals surface area contributed by atoms with E-state index in [-0.39, 0.29) is 18.6 Å². The minimum atomic E-state index is -0.408. The molecule has 122 valence electrons. The van der Waals surface area contributed by atoms with E-state index in [1.165, 1.54) is 6.07 Å². The van der Waals surface area contributed by atoms with Gasteiger partial charge >= 0.3 is 6.03 Å². The van der Waals surface area contributed by atoms with Crippen molar-refractivity contribution in [2.75, 3.05) is 6.54 Å². The third-order valence-corrected chi connectivity index (χ3v) is 4.30. The largest absolute Gasteiger partial charge is 0.335 e. The maximum atomic E-state index is 13.7. The number of hydrogen-bond donors (Lipinski definition) is 1. The standard InChI is InChI=1S/C16H18ClFN4O/c17-13-4-3-12(15(18)8-13)9-20-16(23)22-6-1-2-14(22)10-21-7-5-19-11-21/h3-5,7-8,11,14H,1-2,6,9-10H2,(H,20,23). The summed E-state index contributed by atoms with van der Waals surface area (Å²) >= 11 is 5.73. The van der Waals surface area contributed by atoms with Gasteiger partial charge in [0.15, 0.2) is 0 Å². The second-order valence-corrected chi connectivity index (χ2v) is 6.08. The topological polar surface area (TPSA) is 50.2 Å². The first kappa shape index (κ1) is 15.8. The Morgan fingerprint density at radius 2 is 2.35 bits per heavy atom. The Balaban J connectivity index is 1.58. The van der Waals surface area contributed by atoms with Crippen LogP contribution in [0.25, 0.3) is 0 Å². The van der Waals surface area contributed by atoms with Crippen LogP contribution in [0.5, 0.6) is 0 Å². The molecule has 1 aromatic heterocycles. The fourth-order valence-electron chi connectivity index (χ4n) is 2.87. The second-order valence-electron chi connectivity index (χ2n) is 5.64. The van der Waals surface area contributed by atoms with Gasteiger partial charge < -0.3 is 14.8 Å². The summed E-state index contributed by atoms with van der Waals surface area (Å²) in [6.45, 7) is 1.59. The number of nitrogens with zero attached hydrogens (tertiary/aromatic N) is 3. The molecule has 1 atom stereocenters. The molecule has 1 unspecified atom stereocenters. The predicted octanol–water partition coefficient (Wildman–Crippen LogP) is 3.05. The highest BCUT2D eigenvalue weighted by Gasteiger charge is 2.28. The summed E-state index contributed by atoms with van der Waals surface area (Å²) in [7, 11) is 0. The molecule has 0 spiro atoms. The van der Waals surface area contributed by atoms with Gasteiger partial charge in [0.1, 0.15) is 5.82 Å². The number of rotatable bonds is 4. The van der Waals surface area contributed by atoms with Crippen LogP contribution < -0.4 is 5.32 Å². The third-order valence-electron chi connectivity index (χ3n) is 4.06. The van der Waals surface area contributed by atoms with Crippen molar-refractivity contribution < 1.29 is 9.18 Å². The molecule has 2 aromatic rings. The van der Waals surface area contributed by atoms with Crippen molar-refractivity contribution in [1.82, 2.24) is 19.8 Å². The summed E-state index contributed by atoms with van der Waals surface area (Å²) in [4.78, 5) is 18.2. The molecular formula is C16H18ClFN4O. The van der Waals surface area contributed by atoms with Crippen molar-refractivity contribution in [2.45, 2.75) is 32.0 Å². The van der Waals surface area contributed by atoms with E-state index in [4.69, 9.17) is 11.6 Å². The Morgan fingerprint density at radius 3 is 3.09 bits per heavy atom. The highest BCUT2D eigenvalue weighted by atomic mass is 35.5. The Bertz CT molecular complexity index is 677. The Hall–Kier alpha value is -2.08. The van der Waals surface area contributed by atoms with Crippen molar-refractivity contribution in [3.8, 4) is 0 Å². The SMILES string of the molecule is O=C(NCc1ccc(Cl)cc1F)N1CCCC1Cn1ccnc1. The predicted molar refractivity (Wildman–Crippen MR) is 85.6 cm³/mol. The number of imidazole rings is 1. The van der Waals surface area contributed by atoms with Crippen molar-refractivity contribution in [3.63, 3.8) is 0 Å². The van der Waals surface area contributed by atoms with Gasteiger partial charge in [-0.3, -0.25) is 0 Å². The molecule has 2 heterocycles. The number of carbonyl (C=O) groups excluding carboxylic acids is 1. The van der Waals surface area contributed by atoms with Crippen LogP contribution in [0.15, 0.2) is 36.9 Å². The van der Waals surface area contributed by atoms with Gasteiger partial charge in [0.25, 0.3) is 0 Å². The van der Waals surface area contributed by atoms with Gasteiger partial charge in [-0.1, -0.05) is 17.7 Å². The average molecular weight is 337 g/mol. The molecule has 2 amide bonds. The van der Waals surface area contributed by atoms with Gasteiger partial charge in [-0.15, -0.1) is 0 Å². The number of nitrogens with one attached hydrogen (secondary N) is 1. The van der Waals surface area contributed by atoms with Crippen LogP contribution in [-0.2, 0) is 13.1 Å². The van der Waals surface area contributed by atoms with Crippen molar-refractivity contribution >= 4 is 17.6 Å². The molecule has 1 saturated heterocycles. The fourth-order valence-corrected chi connectivity index (χ4v) is 3.03. The molecule has 0 aliphatic carbocycles. The molecule has 1 aliphatic rings. The lowest BCUT2D eigenvalue weighted by Crippen LogP contribution is -2.44. The van der Waals surface area contributed by atoms with E-state index in [1.807, 2.05) is 15.7 Å². The van der Waals surface area contributed by atoms with Crippen LogP contribution >= 0.6 is 11.6 Å². The Labute approximate surface area is 139 Å². The second kappa shape index (κ2) is 7.00. The molecule has 0 saturated carbocycles. The molecular weight excluding hydrogens is 319 g/mol. The molecule has 0 bridgehead atoms. The summed E-state index contributed by atoms with van der Waals surface area (Å²) in [5.41, 5.74) is 0.424. The zero-order valence-electron chi connectivity index (χ0n) is 12.6. The molecule has 1 aliphatic heterocycles. The number of carbonyl (C=O) groups is 1. The third kappa shape index (κ3) is 3.82. The lowest BCUT2D eigenvalue weighted by molar-refractivity contribution is 0.187. The van der Waals surface area contributed by atoms with Gasteiger partial charge in [0.05, 0.1) is 12.4 Å². The van der Waals surface area contributed by atoms with Gasteiger partial charge in [-0.2, -0.15) is 0 Å². The summed E-state index contributed by atoms with van der Waals surface area (Å²) in [5.74, 6) is -0.408. The molecule has 23 heavy (non-hydrogen) atoms. The number of benzene rings is 1. The normalized spacial score (nSPS) is 17.5. The van der Waals surface area contributed by atoms with Crippen LogP contribution in [-0.4, -0.2) is 33.1 Å². The van der Waals surface area contributed by atoms with E-state index in [9.17, 15) is 9.18 Å². The number of hydrogen-bond acceptors (Lipinski definition) is 2. The summed E-state index contributed by atoms with van der Waals surface area (Å²) in [6.07, 6.45) is 7.29. The highest BCUT2D eigenvalue weighted by molar-refractivity contribution is 6.30. The lowest BCUT2D eigenvalue weighted by Gasteiger charge is -2.25. The maximum Gasteiger partial charge on any atom is 0.317 e. The molecule has 1 fully saturated rings. The minimum absolute atomic E-state index is 0.138. The highest BCUT2D eigenvalue weighted by Crippen LogP contribution is 2.19. The summed E-state index contributed by atoms with van der Waals surface area (Å²) < 4.78 is 15.7. The maximum absolute atomic E-state index is 13.7. The van der Waals surface area contributed by atoms with Crippen LogP contribution in [0, 0.1) is 5.82 Å². The van der Waals surface area contributed by atoms with Crippen molar-refractivity contribution in [2.24, 2.45) is 0 Å². The van der Waals surface area contributed by atoms with Crippen LogP contribution in [0.4, 0.5) is 9.18 Å². The number of amides is 2. The van der Waals surface area contributed by atoms with Gasteiger partial charge in [-0.05, 0) is 25.0 Å². The number of halogens is 2. The minimum Gasteiger partial charge on any atom is -0.335 e. The van der Waals surface area contributed by atoms with E-state index in [2.05, 4.69) is 10.3 Å². The van der Waals surface area contributed by atoms with Gasteiger partial charge in [0.2, 0.25) is 0 Å². The molecule has 1 N–H and O–H groups in total.